The Morgan fingerprint density at radius 1 is 1.00 bits per heavy atom. The molecule has 1 unspecified atom stereocenters. The van der Waals surface area contributed by atoms with Crippen LogP contribution in [0.25, 0.3) is 11.1 Å². The average Bonchev–Trinajstić information content (AvgIpc) is 3.05. The molecule has 2 aromatic carbocycles. The van der Waals surface area contributed by atoms with E-state index in [4.69, 9.17) is 16.3 Å². The number of benzene rings is 2. The van der Waals surface area contributed by atoms with Gasteiger partial charge in [-0.25, -0.2) is 0 Å². The van der Waals surface area contributed by atoms with Crippen molar-refractivity contribution in [3.05, 3.63) is 46.5 Å². The zero-order valence-corrected chi connectivity index (χ0v) is 19.1. The molecule has 4 heteroatoms. The fourth-order valence-electron chi connectivity index (χ4n) is 4.08. The molecule has 2 aromatic rings. The van der Waals surface area contributed by atoms with Gasteiger partial charge in [0, 0.05) is 25.4 Å². The molecule has 1 N–H and O–H groups in total. The van der Waals surface area contributed by atoms with Gasteiger partial charge in [-0.05, 0) is 79.6 Å². The summed E-state index contributed by atoms with van der Waals surface area (Å²) < 4.78 is 5.61. The molecule has 0 saturated carbocycles. The van der Waals surface area contributed by atoms with Crippen LogP contribution in [0.1, 0.15) is 64.5 Å². The van der Waals surface area contributed by atoms with E-state index in [9.17, 15) is 0 Å². The van der Waals surface area contributed by atoms with Crippen LogP contribution in [0, 0.1) is 0 Å². The van der Waals surface area contributed by atoms with Crippen LogP contribution in [-0.4, -0.2) is 25.9 Å². The summed E-state index contributed by atoms with van der Waals surface area (Å²) in [5.41, 5.74) is 7.62. The number of ether oxygens (including phenoxy) is 1. The molecular formula is C25H35ClN2O. The second-order valence-corrected chi connectivity index (χ2v) is 8.35. The fraction of sp³-hybridized carbons (Fsp3) is 0.520. The molecule has 0 aliphatic heterocycles. The number of nitrogens with one attached hydrogen (secondary N) is 1. The van der Waals surface area contributed by atoms with Crippen LogP contribution in [0.15, 0.2) is 30.3 Å². The molecule has 0 fully saturated rings. The first-order chi connectivity index (χ1) is 14.1. The van der Waals surface area contributed by atoms with E-state index in [0.29, 0.717) is 6.61 Å². The summed E-state index contributed by atoms with van der Waals surface area (Å²) in [6, 6.07) is 11.3. The summed E-state index contributed by atoms with van der Waals surface area (Å²) >= 11 is 6.63. The molecule has 0 radical (unpaired) electrons. The van der Waals surface area contributed by atoms with Gasteiger partial charge in [0.05, 0.1) is 10.7 Å². The van der Waals surface area contributed by atoms with Gasteiger partial charge in [0.25, 0.3) is 0 Å². The van der Waals surface area contributed by atoms with Gasteiger partial charge in [-0.2, -0.15) is 0 Å². The van der Waals surface area contributed by atoms with Crippen LogP contribution in [0.2, 0.25) is 5.02 Å². The third-order valence-corrected chi connectivity index (χ3v) is 5.97. The van der Waals surface area contributed by atoms with Gasteiger partial charge in [0.1, 0.15) is 6.23 Å². The van der Waals surface area contributed by atoms with Crippen LogP contribution >= 0.6 is 11.6 Å². The number of halogens is 1. The minimum absolute atomic E-state index is 0.0587. The van der Waals surface area contributed by atoms with Crippen molar-refractivity contribution in [3.63, 3.8) is 0 Å². The van der Waals surface area contributed by atoms with Crippen LogP contribution in [0.3, 0.4) is 0 Å². The maximum atomic E-state index is 6.63. The second kappa shape index (κ2) is 10.4. The van der Waals surface area contributed by atoms with Crippen molar-refractivity contribution in [2.75, 3.05) is 29.9 Å². The van der Waals surface area contributed by atoms with E-state index >= 15 is 0 Å². The minimum Gasteiger partial charge on any atom is -0.372 e. The SMILES string of the molecule is CCCCN(CCCC)c1ccc2c(c1)-c1cc(Cl)c(NC(C)OCC)cc1C2. The average molecular weight is 415 g/mol. The predicted molar refractivity (Wildman–Crippen MR) is 126 cm³/mol. The van der Waals surface area contributed by atoms with Crippen molar-refractivity contribution in [1.82, 2.24) is 0 Å². The van der Waals surface area contributed by atoms with E-state index in [1.54, 1.807) is 0 Å². The standard InChI is InChI=1S/C25H35ClN2O/c1-5-8-12-28(13-9-6-2)21-11-10-19-14-20-15-25(27-18(4)29-7-3)24(26)17-23(20)22(19)16-21/h10-11,15-18,27H,5-9,12-14H2,1-4H3. The number of unbranched alkanes of at least 4 members (excludes halogenated alkanes) is 2. The Hall–Kier alpha value is -1.71. The summed E-state index contributed by atoms with van der Waals surface area (Å²) in [6.45, 7) is 11.5. The molecule has 0 amide bonds. The van der Waals surface area contributed by atoms with E-state index in [-0.39, 0.29) is 6.23 Å². The number of hydrogen-bond donors (Lipinski definition) is 1. The zero-order chi connectivity index (χ0) is 20.8. The second-order valence-electron chi connectivity index (χ2n) is 7.94. The maximum Gasteiger partial charge on any atom is 0.124 e. The normalized spacial score (nSPS) is 13.1. The van der Waals surface area contributed by atoms with E-state index in [1.165, 1.54) is 53.6 Å². The lowest BCUT2D eigenvalue weighted by Gasteiger charge is -2.25. The van der Waals surface area contributed by atoms with Crippen molar-refractivity contribution in [1.29, 1.82) is 0 Å². The lowest BCUT2D eigenvalue weighted by molar-refractivity contribution is 0.0961. The molecule has 1 atom stereocenters. The fourth-order valence-corrected chi connectivity index (χ4v) is 4.29. The quantitative estimate of drug-likeness (QED) is 0.338. The van der Waals surface area contributed by atoms with Crippen molar-refractivity contribution in [3.8, 4) is 11.1 Å². The Labute approximate surface area is 181 Å². The first-order valence-electron chi connectivity index (χ1n) is 11.2. The smallest absolute Gasteiger partial charge is 0.124 e. The summed E-state index contributed by atoms with van der Waals surface area (Å²) in [6.07, 6.45) is 5.82. The maximum absolute atomic E-state index is 6.63. The van der Waals surface area contributed by atoms with Gasteiger partial charge in [-0.1, -0.05) is 44.4 Å². The minimum atomic E-state index is -0.0587. The van der Waals surface area contributed by atoms with E-state index < -0.39 is 0 Å². The van der Waals surface area contributed by atoms with Gasteiger partial charge < -0.3 is 15.0 Å². The lowest BCUT2D eigenvalue weighted by atomic mass is 10.0. The van der Waals surface area contributed by atoms with E-state index in [2.05, 4.69) is 54.4 Å². The highest BCUT2D eigenvalue weighted by molar-refractivity contribution is 6.33. The largest absolute Gasteiger partial charge is 0.372 e. The summed E-state index contributed by atoms with van der Waals surface area (Å²) in [4.78, 5) is 2.55. The molecule has 0 spiro atoms. The molecule has 0 aromatic heterocycles. The molecule has 29 heavy (non-hydrogen) atoms. The van der Waals surface area contributed by atoms with Crippen LogP contribution < -0.4 is 10.2 Å². The van der Waals surface area contributed by atoms with E-state index in [0.717, 1.165) is 30.2 Å². The molecule has 3 rings (SSSR count). The van der Waals surface area contributed by atoms with Gasteiger partial charge in [-0.3, -0.25) is 0 Å². The van der Waals surface area contributed by atoms with Gasteiger partial charge in [0.2, 0.25) is 0 Å². The predicted octanol–water partition coefficient (Wildman–Crippen LogP) is 7.11. The number of fused-ring (bicyclic) bond motifs is 3. The van der Waals surface area contributed by atoms with Crippen LogP contribution in [0.4, 0.5) is 11.4 Å². The highest BCUT2D eigenvalue weighted by Crippen LogP contribution is 2.42. The molecule has 1 aliphatic rings. The van der Waals surface area contributed by atoms with Crippen LogP contribution in [0.5, 0.6) is 0 Å². The molecule has 1 aliphatic carbocycles. The first-order valence-corrected chi connectivity index (χ1v) is 11.5. The third kappa shape index (κ3) is 5.26. The highest BCUT2D eigenvalue weighted by atomic mass is 35.5. The molecule has 0 saturated heterocycles. The third-order valence-electron chi connectivity index (χ3n) is 5.66. The molecule has 0 heterocycles. The van der Waals surface area contributed by atoms with Crippen molar-refractivity contribution < 1.29 is 4.74 Å². The zero-order valence-electron chi connectivity index (χ0n) is 18.4. The Morgan fingerprint density at radius 3 is 2.34 bits per heavy atom. The summed E-state index contributed by atoms with van der Waals surface area (Å²) in [5.74, 6) is 0. The summed E-state index contributed by atoms with van der Waals surface area (Å²) in [5, 5.41) is 4.13. The topological polar surface area (TPSA) is 24.5 Å². The molecule has 158 valence electrons. The Morgan fingerprint density at radius 2 is 1.69 bits per heavy atom. The lowest BCUT2D eigenvalue weighted by Crippen LogP contribution is -2.25. The monoisotopic (exact) mass is 414 g/mol. The van der Waals surface area contributed by atoms with Crippen molar-refractivity contribution in [2.45, 2.75) is 66.0 Å². The number of anilines is 2. The Kier molecular flexibility index (Phi) is 7.85. The van der Waals surface area contributed by atoms with Gasteiger partial charge >= 0.3 is 0 Å². The number of hydrogen-bond acceptors (Lipinski definition) is 3. The van der Waals surface area contributed by atoms with Crippen molar-refractivity contribution >= 4 is 23.0 Å². The summed E-state index contributed by atoms with van der Waals surface area (Å²) in [7, 11) is 0. The van der Waals surface area contributed by atoms with Crippen LogP contribution in [-0.2, 0) is 11.2 Å². The Balaban J connectivity index is 1.87. The molecule has 3 nitrogen and oxygen atoms in total. The first kappa shape index (κ1) is 22.0. The number of rotatable bonds is 11. The number of nitrogens with zero attached hydrogens (tertiary/aromatic N) is 1. The highest BCUT2D eigenvalue weighted by Gasteiger charge is 2.22. The molecular weight excluding hydrogens is 380 g/mol. The van der Waals surface area contributed by atoms with Gasteiger partial charge in [0.15, 0.2) is 0 Å². The Bertz CT molecular complexity index is 813. The van der Waals surface area contributed by atoms with E-state index in [1.807, 2.05) is 13.8 Å². The van der Waals surface area contributed by atoms with Crippen molar-refractivity contribution in [2.24, 2.45) is 0 Å². The van der Waals surface area contributed by atoms with Gasteiger partial charge in [-0.15, -0.1) is 0 Å². The molecule has 0 bridgehead atoms.